The number of carbonyl (C=O) groups is 2. The molecule has 7 nitrogen and oxygen atoms in total. The molecule has 0 aliphatic heterocycles. The molecule has 0 bridgehead atoms. The number of nitrogens with one attached hydrogen (secondary N) is 3. The summed E-state index contributed by atoms with van der Waals surface area (Å²) in [5.74, 6) is 0.673. The van der Waals surface area contributed by atoms with Crippen LogP contribution < -0.4 is 16.0 Å². The highest BCUT2D eigenvalue weighted by Crippen LogP contribution is 2.03. The third-order valence-corrected chi connectivity index (χ3v) is 4.04. The molecule has 1 rings (SSSR count). The zero-order valence-electron chi connectivity index (χ0n) is 17.0. The fraction of sp³-hybridized carbons (Fsp3) is 0.550. The average molecular weight is 376 g/mol. The van der Waals surface area contributed by atoms with E-state index in [2.05, 4.69) is 20.9 Å². The number of nitrogens with zero attached hydrogens (tertiary/aromatic N) is 2. The highest BCUT2D eigenvalue weighted by molar-refractivity contribution is 5.94. The lowest BCUT2D eigenvalue weighted by Crippen LogP contribution is -2.41. The molecule has 0 radical (unpaired) electrons. The third kappa shape index (κ3) is 8.57. The van der Waals surface area contributed by atoms with Crippen molar-refractivity contribution in [1.29, 1.82) is 0 Å². The lowest BCUT2D eigenvalue weighted by atomic mass is 10.1. The number of benzene rings is 1. The standard InChI is InChI=1S/C20H33N5O2/c1-5-21-20(23-12-11-18(26)25(6-2)7-3)24-14-13-22-19(27)17-10-8-9-16(4)15-17/h8-10,15H,5-7,11-14H2,1-4H3,(H,22,27)(H2,21,23,24). The molecule has 27 heavy (non-hydrogen) atoms. The zero-order valence-corrected chi connectivity index (χ0v) is 17.0. The number of hydrogen-bond acceptors (Lipinski definition) is 3. The maximum atomic E-state index is 12.1. The van der Waals surface area contributed by atoms with Crippen molar-refractivity contribution in [2.75, 3.05) is 39.3 Å². The van der Waals surface area contributed by atoms with E-state index >= 15 is 0 Å². The highest BCUT2D eigenvalue weighted by Gasteiger charge is 2.09. The molecule has 0 aliphatic rings. The van der Waals surface area contributed by atoms with Gasteiger partial charge in [0.2, 0.25) is 5.91 Å². The molecule has 150 valence electrons. The van der Waals surface area contributed by atoms with Crippen LogP contribution in [-0.2, 0) is 4.79 Å². The molecular formula is C20H33N5O2. The van der Waals surface area contributed by atoms with Crippen LogP contribution in [0.5, 0.6) is 0 Å². The summed E-state index contributed by atoms with van der Waals surface area (Å²) in [5, 5.41) is 9.19. The second-order valence-electron chi connectivity index (χ2n) is 6.13. The molecule has 1 aromatic carbocycles. The third-order valence-electron chi connectivity index (χ3n) is 4.04. The number of rotatable bonds is 10. The van der Waals surface area contributed by atoms with Crippen molar-refractivity contribution in [2.24, 2.45) is 4.99 Å². The first-order valence-corrected chi connectivity index (χ1v) is 9.66. The van der Waals surface area contributed by atoms with Gasteiger partial charge in [0.05, 0.1) is 6.54 Å². The molecule has 3 N–H and O–H groups in total. The van der Waals surface area contributed by atoms with Crippen molar-refractivity contribution in [1.82, 2.24) is 20.9 Å². The smallest absolute Gasteiger partial charge is 0.251 e. The normalized spacial score (nSPS) is 11.0. The maximum absolute atomic E-state index is 12.1. The molecule has 0 heterocycles. The maximum Gasteiger partial charge on any atom is 0.251 e. The minimum atomic E-state index is -0.0905. The summed E-state index contributed by atoms with van der Waals surface area (Å²) >= 11 is 0. The number of guanidine groups is 1. The van der Waals surface area contributed by atoms with Crippen molar-refractivity contribution in [3.05, 3.63) is 35.4 Å². The van der Waals surface area contributed by atoms with E-state index in [-0.39, 0.29) is 11.8 Å². The summed E-state index contributed by atoms with van der Waals surface area (Å²) in [6.45, 7) is 11.5. The quantitative estimate of drug-likeness (QED) is 0.329. The average Bonchev–Trinajstić information content (AvgIpc) is 2.66. The van der Waals surface area contributed by atoms with Crippen LogP contribution in [0.25, 0.3) is 0 Å². The SMILES string of the molecule is CCNC(=NCCC(=O)N(CC)CC)NCCNC(=O)c1cccc(C)c1. The van der Waals surface area contributed by atoms with Gasteiger partial charge in [0.1, 0.15) is 0 Å². The van der Waals surface area contributed by atoms with Gasteiger partial charge in [-0.1, -0.05) is 17.7 Å². The number of aliphatic imine (C=N–C) groups is 1. The number of amides is 2. The molecule has 0 saturated carbocycles. The van der Waals surface area contributed by atoms with Gasteiger partial charge in [-0.3, -0.25) is 14.6 Å². The zero-order chi connectivity index (χ0) is 20.1. The van der Waals surface area contributed by atoms with E-state index in [1.165, 1.54) is 0 Å². The van der Waals surface area contributed by atoms with Crippen LogP contribution in [0.2, 0.25) is 0 Å². The van der Waals surface area contributed by atoms with Crippen molar-refractivity contribution < 1.29 is 9.59 Å². The van der Waals surface area contributed by atoms with Crippen LogP contribution in [0.1, 0.15) is 43.1 Å². The van der Waals surface area contributed by atoms with Crippen LogP contribution in [0.15, 0.2) is 29.3 Å². The molecule has 0 aromatic heterocycles. The van der Waals surface area contributed by atoms with Crippen LogP contribution in [0.4, 0.5) is 0 Å². The summed E-state index contributed by atoms with van der Waals surface area (Å²) in [7, 11) is 0. The minimum Gasteiger partial charge on any atom is -0.357 e. The molecule has 0 aliphatic carbocycles. The first-order chi connectivity index (χ1) is 13.0. The summed E-state index contributed by atoms with van der Waals surface area (Å²) < 4.78 is 0. The lowest BCUT2D eigenvalue weighted by Gasteiger charge is -2.18. The number of aryl methyl sites for hydroxylation is 1. The Morgan fingerprint density at radius 3 is 2.37 bits per heavy atom. The Bertz CT molecular complexity index is 627. The van der Waals surface area contributed by atoms with Gasteiger partial charge >= 0.3 is 0 Å². The van der Waals surface area contributed by atoms with Crippen molar-refractivity contribution >= 4 is 17.8 Å². The van der Waals surface area contributed by atoms with Crippen LogP contribution in [-0.4, -0.2) is 61.9 Å². The predicted octanol–water partition coefficient (Wildman–Crippen LogP) is 1.54. The molecule has 7 heteroatoms. The first kappa shape index (κ1) is 22.5. The predicted molar refractivity (Wildman–Crippen MR) is 110 cm³/mol. The van der Waals surface area contributed by atoms with E-state index in [0.29, 0.717) is 37.6 Å². The van der Waals surface area contributed by atoms with E-state index < -0.39 is 0 Å². The summed E-state index contributed by atoms with van der Waals surface area (Å²) in [6.07, 6.45) is 0.391. The van der Waals surface area contributed by atoms with Gasteiger partial charge in [0, 0.05) is 44.7 Å². The number of hydrogen-bond donors (Lipinski definition) is 3. The molecule has 1 aromatic rings. The van der Waals surface area contributed by atoms with E-state index in [4.69, 9.17) is 0 Å². The van der Waals surface area contributed by atoms with Crippen LogP contribution >= 0.6 is 0 Å². The minimum absolute atomic E-state index is 0.0905. The largest absolute Gasteiger partial charge is 0.357 e. The summed E-state index contributed by atoms with van der Waals surface area (Å²) in [5.41, 5.74) is 1.71. The van der Waals surface area contributed by atoms with Gasteiger partial charge in [0.25, 0.3) is 5.91 Å². The Morgan fingerprint density at radius 1 is 1.04 bits per heavy atom. The molecule has 2 amide bonds. The molecule has 0 fully saturated rings. The van der Waals surface area contributed by atoms with Crippen LogP contribution in [0.3, 0.4) is 0 Å². The van der Waals surface area contributed by atoms with Gasteiger partial charge in [-0.2, -0.15) is 0 Å². The van der Waals surface area contributed by atoms with E-state index in [9.17, 15) is 9.59 Å². The fourth-order valence-electron chi connectivity index (χ4n) is 2.58. The molecule has 0 spiro atoms. The molecule has 0 unspecified atom stereocenters. The second kappa shape index (κ2) is 12.7. The Kier molecular flexibility index (Phi) is 10.6. The Hall–Kier alpha value is -2.57. The highest BCUT2D eigenvalue weighted by atomic mass is 16.2. The van der Waals surface area contributed by atoms with E-state index in [0.717, 1.165) is 25.2 Å². The van der Waals surface area contributed by atoms with Crippen molar-refractivity contribution in [3.8, 4) is 0 Å². The Balaban J connectivity index is 2.39. The van der Waals surface area contributed by atoms with Crippen molar-refractivity contribution in [3.63, 3.8) is 0 Å². The Labute approximate surface area is 162 Å². The van der Waals surface area contributed by atoms with Gasteiger partial charge in [0.15, 0.2) is 5.96 Å². The lowest BCUT2D eigenvalue weighted by molar-refractivity contribution is -0.130. The first-order valence-electron chi connectivity index (χ1n) is 9.66. The van der Waals surface area contributed by atoms with Gasteiger partial charge < -0.3 is 20.9 Å². The molecule has 0 atom stereocenters. The van der Waals surface area contributed by atoms with Crippen molar-refractivity contribution in [2.45, 2.75) is 34.1 Å². The van der Waals surface area contributed by atoms with Gasteiger partial charge in [-0.15, -0.1) is 0 Å². The summed E-state index contributed by atoms with van der Waals surface area (Å²) in [4.78, 5) is 30.3. The van der Waals surface area contributed by atoms with Gasteiger partial charge in [-0.05, 0) is 39.8 Å². The van der Waals surface area contributed by atoms with E-state index in [1.807, 2.05) is 45.9 Å². The number of carbonyl (C=O) groups excluding carboxylic acids is 2. The fourth-order valence-corrected chi connectivity index (χ4v) is 2.58. The summed E-state index contributed by atoms with van der Waals surface area (Å²) in [6, 6.07) is 7.50. The second-order valence-corrected chi connectivity index (χ2v) is 6.13. The van der Waals surface area contributed by atoms with Gasteiger partial charge in [-0.25, -0.2) is 0 Å². The molecule has 0 saturated heterocycles. The topological polar surface area (TPSA) is 85.8 Å². The van der Waals surface area contributed by atoms with Crippen LogP contribution in [0, 0.1) is 6.92 Å². The monoisotopic (exact) mass is 375 g/mol. The molecular weight excluding hydrogens is 342 g/mol. The van der Waals surface area contributed by atoms with E-state index in [1.54, 1.807) is 11.0 Å². The Morgan fingerprint density at radius 2 is 1.74 bits per heavy atom.